The van der Waals surface area contributed by atoms with Gasteiger partial charge in [-0.05, 0) is 30.4 Å². The third-order valence-corrected chi connectivity index (χ3v) is 4.43. The van der Waals surface area contributed by atoms with Crippen molar-refractivity contribution in [3.05, 3.63) is 23.2 Å². The Balaban J connectivity index is 2.12. The molecule has 3 N–H and O–H groups in total. The molecule has 0 aliphatic heterocycles. The van der Waals surface area contributed by atoms with Gasteiger partial charge in [-0.3, -0.25) is 0 Å². The van der Waals surface area contributed by atoms with Crippen molar-refractivity contribution in [3.63, 3.8) is 0 Å². The zero-order valence-corrected chi connectivity index (χ0v) is 11.3. The molecule has 0 radical (unpaired) electrons. The molecule has 3 heteroatoms. The molecule has 2 rings (SSSR count). The van der Waals surface area contributed by atoms with Gasteiger partial charge in [0, 0.05) is 6.04 Å². The van der Waals surface area contributed by atoms with Crippen LogP contribution in [0.25, 0.3) is 0 Å². The molecule has 0 heterocycles. The van der Waals surface area contributed by atoms with Crippen molar-refractivity contribution in [1.29, 1.82) is 0 Å². The predicted molar refractivity (Wildman–Crippen MR) is 75.5 cm³/mol. The quantitative estimate of drug-likeness (QED) is 0.776. The first-order chi connectivity index (χ1) is 8.09. The van der Waals surface area contributed by atoms with Gasteiger partial charge < -0.3 is 11.1 Å². The highest BCUT2D eigenvalue weighted by Crippen LogP contribution is 2.34. The second-order valence-corrected chi connectivity index (χ2v) is 5.63. The number of nitrogen functional groups attached to an aromatic ring is 1. The smallest absolute Gasteiger partial charge is 0.0739 e. The molecule has 1 aliphatic rings. The van der Waals surface area contributed by atoms with Crippen LogP contribution in [0.1, 0.15) is 33.1 Å². The lowest BCUT2D eigenvalue weighted by atomic mass is 9.78. The molecule has 3 unspecified atom stereocenters. The Hall–Kier alpha value is -0.890. The van der Waals surface area contributed by atoms with Gasteiger partial charge in [0.25, 0.3) is 0 Å². The average molecular weight is 253 g/mol. The third-order valence-electron chi connectivity index (χ3n) is 4.10. The summed E-state index contributed by atoms with van der Waals surface area (Å²) >= 11 is 6.03. The average Bonchev–Trinajstić information content (AvgIpc) is 2.31. The molecule has 0 amide bonds. The number of nitrogens with two attached hydrogens (primary N) is 1. The lowest BCUT2D eigenvalue weighted by Gasteiger charge is -2.35. The Bertz CT molecular complexity index is 392. The van der Waals surface area contributed by atoms with Gasteiger partial charge in [0.1, 0.15) is 0 Å². The van der Waals surface area contributed by atoms with Crippen molar-refractivity contribution in [2.45, 2.75) is 39.2 Å². The first-order valence-electron chi connectivity index (χ1n) is 6.40. The summed E-state index contributed by atoms with van der Waals surface area (Å²) in [5.41, 5.74) is 7.63. The largest absolute Gasteiger partial charge is 0.396 e. The molecule has 3 atom stereocenters. The summed E-state index contributed by atoms with van der Waals surface area (Å²) in [6.07, 6.45) is 3.85. The summed E-state index contributed by atoms with van der Waals surface area (Å²) in [6.45, 7) is 4.65. The zero-order valence-electron chi connectivity index (χ0n) is 10.5. The fourth-order valence-corrected chi connectivity index (χ4v) is 2.82. The summed E-state index contributed by atoms with van der Waals surface area (Å²) in [5, 5.41) is 4.19. The van der Waals surface area contributed by atoms with Gasteiger partial charge in [-0.2, -0.15) is 0 Å². The van der Waals surface area contributed by atoms with Gasteiger partial charge >= 0.3 is 0 Å². The highest BCUT2D eigenvalue weighted by molar-refractivity contribution is 6.33. The maximum Gasteiger partial charge on any atom is 0.0739 e. The lowest BCUT2D eigenvalue weighted by molar-refractivity contribution is 0.253. The molecule has 94 valence electrons. The minimum absolute atomic E-state index is 0.513. The van der Waals surface area contributed by atoms with E-state index in [0.29, 0.717) is 22.7 Å². The Labute approximate surface area is 109 Å². The van der Waals surface area contributed by atoms with Gasteiger partial charge in [-0.25, -0.2) is 0 Å². The summed E-state index contributed by atoms with van der Waals surface area (Å²) in [6, 6.07) is 6.29. The molecule has 1 fully saturated rings. The zero-order chi connectivity index (χ0) is 12.4. The fourth-order valence-electron chi connectivity index (χ4n) is 2.65. The van der Waals surface area contributed by atoms with Crippen LogP contribution in [-0.4, -0.2) is 6.04 Å². The molecule has 0 saturated heterocycles. The number of rotatable bonds is 2. The van der Waals surface area contributed by atoms with Crippen LogP contribution in [0.4, 0.5) is 11.4 Å². The molecular formula is C14H21ClN2. The van der Waals surface area contributed by atoms with E-state index in [9.17, 15) is 0 Å². The highest BCUT2D eigenvalue weighted by Gasteiger charge is 2.27. The van der Waals surface area contributed by atoms with Crippen LogP contribution in [0.3, 0.4) is 0 Å². The molecule has 1 aliphatic carbocycles. The molecule has 0 spiro atoms. The SMILES string of the molecule is CC1CCCC(Nc2cccc(Cl)c2N)C1C. The van der Waals surface area contributed by atoms with Crippen LogP contribution in [0.2, 0.25) is 5.02 Å². The molecule has 17 heavy (non-hydrogen) atoms. The number of para-hydroxylation sites is 1. The molecule has 1 aromatic rings. The lowest BCUT2D eigenvalue weighted by Crippen LogP contribution is -2.35. The third kappa shape index (κ3) is 2.68. The van der Waals surface area contributed by atoms with Gasteiger partial charge in [-0.1, -0.05) is 44.4 Å². The summed E-state index contributed by atoms with van der Waals surface area (Å²) in [4.78, 5) is 0. The van der Waals surface area contributed by atoms with Crippen LogP contribution < -0.4 is 11.1 Å². The fraction of sp³-hybridized carbons (Fsp3) is 0.571. The second-order valence-electron chi connectivity index (χ2n) is 5.22. The number of benzene rings is 1. The summed E-state index contributed by atoms with van der Waals surface area (Å²) in [5.74, 6) is 1.46. The molecule has 1 saturated carbocycles. The van der Waals surface area contributed by atoms with Crippen molar-refractivity contribution in [1.82, 2.24) is 0 Å². The van der Waals surface area contributed by atoms with E-state index < -0.39 is 0 Å². The number of hydrogen-bond acceptors (Lipinski definition) is 2. The Morgan fingerprint density at radius 3 is 2.82 bits per heavy atom. The van der Waals surface area contributed by atoms with Crippen molar-refractivity contribution < 1.29 is 0 Å². The van der Waals surface area contributed by atoms with Crippen LogP contribution in [-0.2, 0) is 0 Å². The first-order valence-corrected chi connectivity index (χ1v) is 6.78. The standard InChI is InChI=1S/C14H21ClN2/c1-9-5-3-7-12(10(9)2)17-13-8-4-6-11(15)14(13)16/h4,6,8-10,12,17H,3,5,7,16H2,1-2H3. The normalized spacial score (nSPS) is 29.0. The minimum Gasteiger partial charge on any atom is -0.396 e. The van der Waals surface area contributed by atoms with Gasteiger partial charge in [0.2, 0.25) is 0 Å². The van der Waals surface area contributed by atoms with E-state index >= 15 is 0 Å². The van der Waals surface area contributed by atoms with Crippen molar-refractivity contribution in [2.75, 3.05) is 11.1 Å². The van der Waals surface area contributed by atoms with Crippen molar-refractivity contribution in [2.24, 2.45) is 11.8 Å². The van der Waals surface area contributed by atoms with E-state index in [1.54, 1.807) is 0 Å². The Kier molecular flexibility index (Phi) is 3.82. The maximum absolute atomic E-state index is 6.03. The van der Waals surface area contributed by atoms with Gasteiger partial charge in [0.05, 0.1) is 16.4 Å². The van der Waals surface area contributed by atoms with Crippen molar-refractivity contribution in [3.8, 4) is 0 Å². The predicted octanol–water partition coefficient (Wildman–Crippen LogP) is 4.16. The van der Waals surface area contributed by atoms with Crippen molar-refractivity contribution >= 4 is 23.0 Å². The van der Waals surface area contributed by atoms with E-state index in [4.69, 9.17) is 17.3 Å². The Morgan fingerprint density at radius 1 is 1.29 bits per heavy atom. The van der Waals surface area contributed by atoms with Crippen LogP contribution in [0, 0.1) is 11.8 Å². The number of halogens is 1. The van der Waals surface area contributed by atoms with Gasteiger partial charge in [0.15, 0.2) is 0 Å². The summed E-state index contributed by atoms with van der Waals surface area (Å²) in [7, 11) is 0. The second kappa shape index (κ2) is 5.18. The minimum atomic E-state index is 0.513. The first kappa shape index (κ1) is 12.6. The monoisotopic (exact) mass is 252 g/mol. The number of nitrogens with one attached hydrogen (secondary N) is 1. The van der Waals surface area contributed by atoms with E-state index in [0.717, 1.165) is 11.6 Å². The number of hydrogen-bond donors (Lipinski definition) is 2. The summed E-state index contributed by atoms with van der Waals surface area (Å²) < 4.78 is 0. The van der Waals surface area contributed by atoms with Gasteiger partial charge in [-0.15, -0.1) is 0 Å². The molecule has 0 bridgehead atoms. The highest BCUT2D eigenvalue weighted by atomic mass is 35.5. The topological polar surface area (TPSA) is 38.0 Å². The molecule has 0 aromatic heterocycles. The molecule has 1 aromatic carbocycles. The Morgan fingerprint density at radius 2 is 2.06 bits per heavy atom. The van der Waals surface area contributed by atoms with E-state index in [1.165, 1.54) is 19.3 Å². The van der Waals surface area contributed by atoms with Crippen LogP contribution in [0.15, 0.2) is 18.2 Å². The molecular weight excluding hydrogens is 232 g/mol. The van der Waals surface area contributed by atoms with Crippen LogP contribution >= 0.6 is 11.6 Å². The maximum atomic E-state index is 6.03. The van der Waals surface area contributed by atoms with E-state index in [2.05, 4.69) is 19.2 Å². The van der Waals surface area contributed by atoms with E-state index in [-0.39, 0.29) is 0 Å². The van der Waals surface area contributed by atoms with E-state index in [1.807, 2.05) is 18.2 Å². The van der Waals surface area contributed by atoms with Crippen LogP contribution in [0.5, 0.6) is 0 Å². The number of anilines is 2. The molecule has 2 nitrogen and oxygen atoms in total.